The lowest BCUT2D eigenvalue weighted by atomic mass is 10.4. The highest BCUT2D eigenvalue weighted by molar-refractivity contribution is 7.91. The lowest BCUT2D eigenvalue weighted by Crippen LogP contribution is -2.27. The van der Waals surface area contributed by atoms with Gasteiger partial charge in [-0.15, -0.1) is 0 Å². The van der Waals surface area contributed by atoms with Gasteiger partial charge in [-0.25, -0.2) is 19.0 Å². The van der Waals surface area contributed by atoms with Crippen molar-refractivity contribution < 1.29 is 18.1 Å². The van der Waals surface area contributed by atoms with Gasteiger partial charge in [-0.1, -0.05) is 24.7 Å². The molecule has 1 aromatic rings. The first kappa shape index (κ1) is 17.8. The Kier molecular flexibility index (Phi) is 6.98. The number of thiophene rings is 1. The zero-order chi connectivity index (χ0) is 15.9. The number of unbranched alkanes of at least 4 members (excludes halogenated alkanes) is 1. The van der Waals surface area contributed by atoms with Crippen LogP contribution >= 0.6 is 11.3 Å². The first-order valence-electron chi connectivity index (χ1n) is 6.24. The molecule has 0 aromatic carbocycles. The maximum Gasteiger partial charge on any atom is 0.306 e. The fraction of sp³-hybridized carbons (Fsp3) is 0.600. The van der Waals surface area contributed by atoms with Crippen LogP contribution in [0.5, 0.6) is 0 Å². The van der Waals surface area contributed by atoms with Gasteiger partial charge < -0.3 is 10.2 Å². The summed E-state index contributed by atoms with van der Waals surface area (Å²) in [4.78, 5) is 10.1. The van der Waals surface area contributed by atoms with E-state index in [2.05, 4.69) is 10.1 Å². The van der Waals surface area contributed by atoms with Gasteiger partial charge in [-0.2, -0.15) is 0 Å². The summed E-state index contributed by atoms with van der Waals surface area (Å²) < 4.78 is 31.3. The van der Waals surface area contributed by atoms with Crippen molar-refractivity contribution in [2.24, 2.45) is 5.84 Å². The average Bonchev–Trinajstić information content (AvgIpc) is 2.88. The van der Waals surface area contributed by atoms with Crippen LogP contribution in [0.3, 0.4) is 0 Å². The smallest absolute Gasteiger partial charge is 0.306 e. The molecule has 21 heavy (non-hydrogen) atoms. The Bertz CT molecular complexity index is 572. The van der Waals surface area contributed by atoms with E-state index in [1.54, 1.807) is 0 Å². The van der Waals surface area contributed by atoms with Gasteiger partial charge in [0, 0.05) is 19.2 Å². The molecule has 0 bridgehead atoms. The van der Waals surface area contributed by atoms with Crippen LogP contribution in [-0.4, -0.2) is 33.1 Å². The number of anilines is 1. The number of nitrogens with two attached hydrogens (primary N) is 1. The predicted octanol–water partition coefficient (Wildman–Crippen LogP) is 1.04. The van der Waals surface area contributed by atoms with Crippen LogP contribution in [0.4, 0.5) is 10.7 Å². The monoisotopic (exact) mass is 338 g/mol. The second-order valence-corrected chi connectivity index (χ2v) is 7.09. The second-order valence-electron chi connectivity index (χ2n) is 4.04. The van der Waals surface area contributed by atoms with Gasteiger partial charge in [0.15, 0.2) is 5.00 Å². The second kappa shape index (κ2) is 8.24. The first-order valence-corrected chi connectivity index (χ1v) is 8.54. The molecule has 0 atom stereocenters. The van der Waals surface area contributed by atoms with Crippen LogP contribution in [0.2, 0.25) is 0 Å². The van der Waals surface area contributed by atoms with Crippen molar-refractivity contribution in [2.45, 2.75) is 24.0 Å². The molecular weight excluding hydrogens is 320 g/mol. The van der Waals surface area contributed by atoms with E-state index in [4.69, 9.17) is 10.6 Å². The Labute approximate surface area is 126 Å². The number of ether oxygens (including phenoxy) is 1. The largest absolute Gasteiger partial charge is 0.380 e. The minimum atomic E-state index is -3.81. The number of hydrazine groups is 1. The van der Waals surface area contributed by atoms with Crippen LogP contribution in [-0.2, 0) is 14.8 Å². The number of nitro groups is 1. The maximum atomic E-state index is 12.0. The quantitative estimate of drug-likeness (QED) is 0.251. The fourth-order valence-electron chi connectivity index (χ4n) is 1.40. The van der Waals surface area contributed by atoms with Crippen LogP contribution in [0.25, 0.3) is 0 Å². The van der Waals surface area contributed by atoms with Gasteiger partial charge in [0.2, 0.25) is 10.0 Å². The molecule has 0 aliphatic rings. The van der Waals surface area contributed by atoms with Gasteiger partial charge in [-0.3, -0.25) is 10.1 Å². The lowest BCUT2D eigenvalue weighted by Gasteiger charge is -2.05. The number of rotatable bonds is 10. The summed E-state index contributed by atoms with van der Waals surface area (Å²) in [6.45, 7) is 2.95. The third-order valence-electron chi connectivity index (χ3n) is 2.46. The third kappa shape index (κ3) is 5.21. The summed E-state index contributed by atoms with van der Waals surface area (Å²) in [5.41, 5.74) is 1.75. The number of nitrogens with zero attached hydrogens (tertiary/aromatic N) is 1. The van der Waals surface area contributed by atoms with Crippen molar-refractivity contribution in [1.29, 1.82) is 0 Å². The Hall–Kier alpha value is -1.27. The van der Waals surface area contributed by atoms with Gasteiger partial charge in [0.25, 0.3) is 0 Å². The van der Waals surface area contributed by atoms with Crippen LogP contribution in [0.1, 0.15) is 19.8 Å². The Morgan fingerprint density at radius 2 is 2.19 bits per heavy atom. The Balaban J connectivity index is 2.64. The molecule has 0 radical (unpaired) electrons. The lowest BCUT2D eigenvalue weighted by molar-refractivity contribution is -0.383. The molecule has 0 fully saturated rings. The molecule has 120 valence electrons. The molecule has 1 heterocycles. The van der Waals surface area contributed by atoms with Crippen molar-refractivity contribution in [3.8, 4) is 0 Å². The number of hydrogen-bond donors (Lipinski definition) is 3. The van der Waals surface area contributed by atoms with Crippen LogP contribution in [0.15, 0.2) is 10.3 Å². The van der Waals surface area contributed by atoms with Crippen molar-refractivity contribution in [3.63, 3.8) is 0 Å². The molecule has 1 rings (SSSR count). The van der Waals surface area contributed by atoms with E-state index in [0.717, 1.165) is 18.9 Å². The SMILES string of the molecule is CCCCOCCNS(=O)(=O)c1cc([N+](=O)[O-])c(NN)s1. The van der Waals surface area contributed by atoms with Crippen molar-refractivity contribution in [2.75, 3.05) is 25.2 Å². The molecule has 0 saturated carbocycles. The minimum absolute atomic E-state index is 0.0143. The van der Waals surface area contributed by atoms with E-state index in [0.29, 0.717) is 17.9 Å². The summed E-state index contributed by atoms with van der Waals surface area (Å²) in [5, 5.41) is 10.7. The maximum absolute atomic E-state index is 12.0. The summed E-state index contributed by atoms with van der Waals surface area (Å²) in [5.74, 6) is 5.13. The van der Waals surface area contributed by atoms with Crippen molar-refractivity contribution in [1.82, 2.24) is 4.72 Å². The highest BCUT2D eigenvalue weighted by Gasteiger charge is 2.25. The zero-order valence-corrected chi connectivity index (χ0v) is 13.1. The Morgan fingerprint density at radius 3 is 2.71 bits per heavy atom. The van der Waals surface area contributed by atoms with Crippen LogP contribution < -0.4 is 16.0 Å². The van der Waals surface area contributed by atoms with E-state index >= 15 is 0 Å². The average molecular weight is 338 g/mol. The fourth-order valence-corrected chi connectivity index (χ4v) is 3.69. The summed E-state index contributed by atoms with van der Waals surface area (Å²) in [6.07, 6.45) is 1.91. The molecular formula is C10H18N4O5S2. The zero-order valence-electron chi connectivity index (χ0n) is 11.5. The van der Waals surface area contributed by atoms with E-state index in [-0.39, 0.29) is 28.0 Å². The van der Waals surface area contributed by atoms with Gasteiger partial charge in [-0.05, 0) is 6.42 Å². The van der Waals surface area contributed by atoms with Crippen molar-refractivity contribution in [3.05, 3.63) is 16.2 Å². The highest BCUT2D eigenvalue weighted by Crippen LogP contribution is 2.36. The Morgan fingerprint density at radius 1 is 1.48 bits per heavy atom. The minimum Gasteiger partial charge on any atom is -0.380 e. The number of sulfonamides is 1. The molecule has 4 N–H and O–H groups in total. The van der Waals surface area contributed by atoms with E-state index in [9.17, 15) is 18.5 Å². The molecule has 0 amide bonds. The van der Waals surface area contributed by atoms with Crippen LogP contribution in [0, 0.1) is 10.1 Å². The van der Waals surface area contributed by atoms with Gasteiger partial charge in [0.05, 0.1) is 11.5 Å². The number of hydrogen-bond acceptors (Lipinski definition) is 8. The number of nitrogens with one attached hydrogen (secondary N) is 2. The van der Waals surface area contributed by atoms with Crippen molar-refractivity contribution >= 4 is 32.0 Å². The van der Waals surface area contributed by atoms with E-state index < -0.39 is 14.9 Å². The molecule has 0 spiro atoms. The van der Waals surface area contributed by atoms with Gasteiger partial charge in [0.1, 0.15) is 4.21 Å². The highest BCUT2D eigenvalue weighted by atomic mass is 32.2. The standard InChI is InChI=1S/C10H18N4O5S2/c1-2-3-5-19-6-4-12-21(17,18)9-7-8(14(15)16)10(13-11)20-9/h7,12-13H,2-6,11H2,1H3. The molecule has 11 heteroatoms. The first-order chi connectivity index (χ1) is 9.92. The summed E-state index contributed by atoms with van der Waals surface area (Å²) in [7, 11) is -3.81. The molecule has 0 saturated heterocycles. The summed E-state index contributed by atoms with van der Waals surface area (Å²) in [6, 6.07) is 0.972. The molecule has 1 aromatic heterocycles. The van der Waals surface area contributed by atoms with E-state index in [1.165, 1.54) is 0 Å². The summed E-state index contributed by atoms with van der Waals surface area (Å²) >= 11 is 0.698. The molecule has 9 nitrogen and oxygen atoms in total. The van der Waals surface area contributed by atoms with E-state index in [1.807, 2.05) is 6.92 Å². The number of nitrogen functional groups attached to an aromatic ring is 1. The van der Waals surface area contributed by atoms with Gasteiger partial charge >= 0.3 is 5.69 Å². The third-order valence-corrected chi connectivity index (χ3v) is 5.45. The topological polar surface area (TPSA) is 137 Å². The molecule has 0 unspecified atom stereocenters. The predicted molar refractivity (Wildman–Crippen MR) is 79.7 cm³/mol. The molecule has 0 aliphatic heterocycles. The molecule has 0 aliphatic carbocycles. The normalized spacial score (nSPS) is 11.5.